The number of hydrogen-bond acceptors (Lipinski definition) is 4. The minimum atomic E-state index is -0.442. The molecule has 0 aromatic rings. The molecule has 4 heteroatoms. The average Bonchev–Trinajstić information content (AvgIpc) is 2.57. The van der Waals surface area contributed by atoms with Crippen LogP contribution in [-0.2, 0) is 9.47 Å². The molecular formula is C11H18O3S. The van der Waals surface area contributed by atoms with Gasteiger partial charge in [-0.2, -0.15) is 0 Å². The van der Waals surface area contributed by atoms with Crippen LogP contribution in [0.2, 0.25) is 0 Å². The van der Waals surface area contributed by atoms with Crippen LogP contribution in [0.15, 0.2) is 25.3 Å². The van der Waals surface area contributed by atoms with E-state index in [2.05, 4.69) is 13.2 Å². The molecule has 0 aromatic carbocycles. The Labute approximate surface area is 95.1 Å². The molecule has 2 unspecified atom stereocenters. The van der Waals surface area contributed by atoms with Crippen LogP contribution in [0.4, 0.5) is 0 Å². The smallest absolute Gasteiger partial charge is 0.126 e. The van der Waals surface area contributed by atoms with Gasteiger partial charge in [-0.25, -0.2) is 0 Å². The van der Waals surface area contributed by atoms with Crippen LogP contribution in [0.5, 0.6) is 0 Å². The van der Waals surface area contributed by atoms with Crippen molar-refractivity contribution in [3.63, 3.8) is 0 Å². The Morgan fingerprint density at radius 2 is 2.07 bits per heavy atom. The van der Waals surface area contributed by atoms with Gasteiger partial charge < -0.3 is 14.6 Å². The summed E-state index contributed by atoms with van der Waals surface area (Å²) in [5, 5.41) is 9.99. The third kappa shape index (κ3) is 4.38. The van der Waals surface area contributed by atoms with Gasteiger partial charge in [0.25, 0.3) is 0 Å². The van der Waals surface area contributed by atoms with Crippen molar-refractivity contribution in [2.45, 2.75) is 23.2 Å². The molecule has 1 N–H and O–H groups in total. The molecule has 86 valence electrons. The molecule has 0 aliphatic carbocycles. The lowest BCUT2D eigenvalue weighted by Crippen LogP contribution is -2.21. The zero-order valence-corrected chi connectivity index (χ0v) is 9.62. The molecule has 0 amide bonds. The molecule has 0 radical (unpaired) electrons. The highest BCUT2D eigenvalue weighted by Gasteiger charge is 2.34. The monoisotopic (exact) mass is 230 g/mol. The Morgan fingerprint density at radius 3 is 2.73 bits per heavy atom. The number of aliphatic hydroxyl groups is 1. The average molecular weight is 230 g/mol. The summed E-state index contributed by atoms with van der Waals surface area (Å²) in [6, 6.07) is 0. The second-order valence-electron chi connectivity index (χ2n) is 3.37. The quantitative estimate of drug-likeness (QED) is 0.532. The lowest BCUT2D eigenvalue weighted by Gasteiger charge is -2.12. The van der Waals surface area contributed by atoms with E-state index in [4.69, 9.17) is 9.47 Å². The van der Waals surface area contributed by atoms with E-state index in [9.17, 15) is 5.11 Å². The Balaban J connectivity index is 2.21. The summed E-state index contributed by atoms with van der Waals surface area (Å²) in [5.74, 6) is 0. The maximum Gasteiger partial charge on any atom is 0.126 e. The van der Waals surface area contributed by atoms with E-state index in [0.29, 0.717) is 25.1 Å². The van der Waals surface area contributed by atoms with Crippen molar-refractivity contribution < 1.29 is 14.6 Å². The van der Waals surface area contributed by atoms with Crippen LogP contribution < -0.4 is 0 Å². The lowest BCUT2D eigenvalue weighted by atomic mass is 10.2. The maximum absolute atomic E-state index is 9.67. The van der Waals surface area contributed by atoms with Gasteiger partial charge in [0.2, 0.25) is 0 Å². The second-order valence-corrected chi connectivity index (χ2v) is 4.79. The van der Waals surface area contributed by atoms with Crippen molar-refractivity contribution >= 4 is 11.8 Å². The van der Waals surface area contributed by atoms with Gasteiger partial charge in [0.05, 0.1) is 25.9 Å². The number of aliphatic hydroxyl groups excluding tert-OH is 1. The van der Waals surface area contributed by atoms with E-state index < -0.39 is 5.44 Å². The molecule has 0 spiro atoms. The first-order chi connectivity index (χ1) is 7.27. The van der Waals surface area contributed by atoms with Gasteiger partial charge in [0.15, 0.2) is 0 Å². The Bertz CT molecular complexity index is 208. The van der Waals surface area contributed by atoms with E-state index in [1.807, 2.05) is 0 Å². The summed E-state index contributed by atoms with van der Waals surface area (Å²) in [7, 11) is 0. The van der Waals surface area contributed by atoms with Crippen molar-refractivity contribution in [1.82, 2.24) is 0 Å². The van der Waals surface area contributed by atoms with Crippen molar-refractivity contribution in [1.29, 1.82) is 0 Å². The van der Waals surface area contributed by atoms with Gasteiger partial charge in [0.1, 0.15) is 5.44 Å². The van der Waals surface area contributed by atoms with Crippen LogP contribution in [-0.4, -0.2) is 41.7 Å². The number of rotatable bonds is 7. The van der Waals surface area contributed by atoms with E-state index in [1.165, 1.54) is 11.8 Å². The minimum absolute atomic E-state index is 0.0923. The standard InChI is InChI=1S/C11H18O3S/c1-3-5-13-8-9-7-10(11(12)15-9)14-6-4-2/h3-4,9-12H,1-2,5-8H2/t9?,10-,11?/m0/s1. The second kappa shape index (κ2) is 7.06. The fraction of sp³-hybridized carbons (Fsp3) is 0.636. The highest BCUT2D eigenvalue weighted by molar-refractivity contribution is 8.00. The molecule has 1 fully saturated rings. The fourth-order valence-corrected chi connectivity index (χ4v) is 2.68. The van der Waals surface area contributed by atoms with Crippen LogP contribution in [0, 0.1) is 0 Å². The summed E-state index contributed by atoms with van der Waals surface area (Å²) in [6.45, 7) is 8.85. The first-order valence-electron chi connectivity index (χ1n) is 5.02. The first kappa shape index (κ1) is 12.8. The molecule has 1 aliphatic heterocycles. The summed E-state index contributed by atoms with van der Waals surface area (Å²) >= 11 is 1.51. The van der Waals surface area contributed by atoms with Gasteiger partial charge in [-0.3, -0.25) is 0 Å². The third-order valence-electron chi connectivity index (χ3n) is 2.11. The molecule has 0 aromatic heterocycles. The first-order valence-corrected chi connectivity index (χ1v) is 5.97. The molecule has 0 saturated carbocycles. The molecule has 1 aliphatic rings. The van der Waals surface area contributed by atoms with E-state index in [1.54, 1.807) is 12.2 Å². The highest BCUT2D eigenvalue weighted by Crippen LogP contribution is 2.34. The van der Waals surface area contributed by atoms with E-state index in [0.717, 1.165) is 6.42 Å². The highest BCUT2D eigenvalue weighted by atomic mass is 32.2. The fourth-order valence-electron chi connectivity index (χ4n) is 1.45. The Kier molecular flexibility index (Phi) is 6.02. The van der Waals surface area contributed by atoms with Crippen molar-refractivity contribution in [2.75, 3.05) is 19.8 Å². The molecule has 3 nitrogen and oxygen atoms in total. The molecule has 3 atom stereocenters. The summed E-state index contributed by atoms with van der Waals surface area (Å²) < 4.78 is 10.8. The van der Waals surface area contributed by atoms with Crippen LogP contribution >= 0.6 is 11.8 Å². The maximum atomic E-state index is 9.67. The predicted octanol–water partition coefficient (Wildman–Crippen LogP) is 1.58. The van der Waals surface area contributed by atoms with Crippen molar-refractivity contribution in [3.8, 4) is 0 Å². The van der Waals surface area contributed by atoms with Gasteiger partial charge in [-0.05, 0) is 6.42 Å². The molecule has 0 bridgehead atoms. The zero-order chi connectivity index (χ0) is 11.1. The third-order valence-corrected chi connectivity index (χ3v) is 3.41. The molecule has 15 heavy (non-hydrogen) atoms. The van der Waals surface area contributed by atoms with Gasteiger partial charge in [-0.1, -0.05) is 12.2 Å². The summed E-state index contributed by atoms with van der Waals surface area (Å²) in [5.41, 5.74) is -0.442. The molecule has 1 rings (SSSR count). The summed E-state index contributed by atoms with van der Waals surface area (Å²) in [4.78, 5) is 0. The lowest BCUT2D eigenvalue weighted by molar-refractivity contribution is 0.0137. The van der Waals surface area contributed by atoms with E-state index >= 15 is 0 Å². The number of thioether (sulfide) groups is 1. The molecule has 1 heterocycles. The van der Waals surface area contributed by atoms with Gasteiger partial charge in [-0.15, -0.1) is 24.9 Å². The van der Waals surface area contributed by atoms with Crippen LogP contribution in [0.1, 0.15) is 6.42 Å². The zero-order valence-electron chi connectivity index (χ0n) is 8.80. The SMILES string of the molecule is C=CCOCC1C[C@H](OCC=C)C(O)S1. The minimum Gasteiger partial charge on any atom is -0.380 e. The van der Waals surface area contributed by atoms with Crippen molar-refractivity contribution in [2.24, 2.45) is 0 Å². The van der Waals surface area contributed by atoms with Gasteiger partial charge >= 0.3 is 0 Å². The normalized spacial score (nSPS) is 30.3. The molecular weight excluding hydrogens is 212 g/mol. The summed E-state index contributed by atoms with van der Waals surface area (Å²) in [6.07, 6.45) is 4.16. The topological polar surface area (TPSA) is 38.7 Å². The van der Waals surface area contributed by atoms with Gasteiger partial charge in [0, 0.05) is 5.25 Å². The van der Waals surface area contributed by atoms with Crippen molar-refractivity contribution in [3.05, 3.63) is 25.3 Å². The Morgan fingerprint density at radius 1 is 1.33 bits per heavy atom. The largest absolute Gasteiger partial charge is 0.380 e. The van der Waals surface area contributed by atoms with Crippen LogP contribution in [0.25, 0.3) is 0 Å². The number of hydrogen-bond donors (Lipinski definition) is 1. The van der Waals surface area contributed by atoms with Crippen LogP contribution in [0.3, 0.4) is 0 Å². The van der Waals surface area contributed by atoms with E-state index in [-0.39, 0.29) is 6.10 Å². The molecule has 1 saturated heterocycles. The number of ether oxygens (including phenoxy) is 2. The Hall–Kier alpha value is -0.290. The predicted molar refractivity (Wildman–Crippen MR) is 63.0 cm³/mol.